The lowest BCUT2D eigenvalue weighted by Gasteiger charge is -2.07. The molecule has 0 saturated carbocycles. The van der Waals surface area contributed by atoms with Crippen molar-refractivity contribution in [2.75, 3.05) is 7.11 Å². The van der Waals surface area contributed by atoms with Crippen LogP contribution in [0.25, 0.3) is 0 Å². The number of carbonyl (C=O) groups is 1. The van der Waals surface area contributed by atoms with Gasteiger partial charge >= 0.3 is 0 Å². The molecular formula is C16H15N3O4. The van der Waals surface area contributed by atoms with Crippen molar-refractivity contribution in [1.29, 1.82) is 0 Å². The SMILES string of the molecule is COc1cc(C)ccc1C(=O)N/N=C\c1ccccc1[N+](=O)[O-]. The molecule has 2 aromatic carbocycles. The second-order valence-corrected chi connectivity index (χ2v) is 4.72. The zero-order valence-corrected chi connectivity index (χ0v) is 12.6. The van der Waals surface area contributed by atoms with Crippen LogP contribution in [0.2, 0.25) is 0 Å². The Bertz CT molecular complexity index is 772. The third kappa shape index (κ3) is 3.91. The van der Waals surface area contributed by atoms with Gasteiger partial charge in [-0.3, -0.25) is 14.9 Å². The average molecular weight is 313 g/mol. The molecule has 0 heterocycles. The molecule has 0 bridgehead atoms. The van der Waals surface area contributed by atoms with Crippen LogP contribution in [0.4, 0.5) is 5.69 Å². The molecule has 0 radical (unpaired) electrons. The lowest BCUT2D eigenvalue weighted by Crippen LogP contribution is -2.18. The zero-order chi connectivity index (χ0) is 16.8. The summed E-state index contributed by atoms with van der Waals surface area (Å²) in [6.07, 6.45) is 1.23. The third-order valence-corrected chi connectivity index (χ3v) is 3.10. The number of aryl methyl sites for hydroxylation is 1. The van der Waals surface area contributed by atoms with Crippen molar-refractivity contribution >= 4 is 17.8 Å². The van der Waals surface area contributed by atoms with Crippen molar-refractivity contribution in [2.45, 2.75) is 6.92 Å². The van der Waals surface area contributed by atoms with Gasteiger partial charge in [-0.25, -0.2) is 5.43 Å². The molecule has 0 aliphatic rings. The van der Waals surface area contributed by atoms with Crippen LogP contribution in [0.3, 0.4) is 0 Å². The number of para-hydroxylation sites is 1. The van der Waals surface area contributed by atoms with Crippen LogP contribution in [0.1, 0.15) is 21.5 Å². The number of hydrogen-bond acceptors (Lipinski definition) is 5. The minimum atomic E-state index is -0.508. The Morgan fingerprint density at radius 2 is 2.04 bits per heavy atom. The van der Waals surface area contributed by atoms with E-state index >= 15 is 0 Å². The lowest BCUT2D eigenvalue weighted by atomic mass is 10.1. The summed E-state index contributed by atoms with van der Waals surface area (Å²) < 4.78 is 5.16. The minimum Gasteiger partial charge on any atom is -0.496 e. The number of hydrazone groups is 1. The van der Waals surface area contributed by atoms with Crippen molar-refractivity contribution in [2.24, 2.45) is 5.10 Å². The normalized spacial score (nSPS) is 10.5. The second kappa shape index (κ2) is 7.17. The lowest BCUT2D eigenvalue weighted by molar-refractivity contribution is -0.385. The van der Waals surface area contributed by atoms with Crippen LogP contribution in [-0.4, -0.2) is 24.2 Å². The molecule has 0 aliphatic carbocycles. The molecule has 0 aliphatic heterocycles. The Morgan fingerprint density at radius 3 is 2.74 bits per heavy atom. The number of methoxy groups -OCH3 is 1. The summed E-state index contributed by atoms with van der Waals surface area (Å²) in [4.78, 5) is 22.5. The first-order chi connectivity index (χ1) is 11.0. The summed E-state index contributed by atoms with van der Waals surface area (Å²) in [5, 5.41) is 14.7. The van der Waals surface area contributed by atoms with Gasteiger partial charge in [-0.2, -0.15) is 5.10 Å². The highest BCUT2D eigenvalue weighted by atomic mass is 16.6. The number of carbonyl (C=O) groups excluding carboxylic acids is 1. The number of amides is 1. The Labute approximate surface area is 132 Å². The first kappa shape index (κ1) is 16.2. The first-order valence-electron chi connectivity index (χ1n) is 6.74. The van der Waals surface area contributed by atoms with Gasteiger partial charge in [-0.15, -0.1) is 0 Å². The number of nitrogens with zero attached hydrogens (tertiary/aromatic N) is 2. The number of benzene rings is 2. The van der Waals surface area contributed by atoms with Crippen LogP contribution >= 0.6 is 0 Å². The summed E-state index contributed by atoms with van der Waals surface area (Å²) in [6.45, 7) is 1.89. The highest BCUT2D eigenvalue weighted by Crippen LogP contribution is 2.19. The van der Waals surface area contributed by atoms with Crippen LogP contribution in [-0.2, 0) is 0 Å². The summed E-state index contributed by atoms with van der Waals surface area (Å²) in [5.74, 6) is -0.0277. The summed E-state index contributed by atoms with van der Waals surface area (Å²) in [6, 6.07) is 11.3. The van der Waals surface area contributed by atoms with E-state index in [4.69, 9.17) is 4.74 Å². The molecule has 23 heavy (non-hydrogen) atoms. The van der Waals surface area contributed by atoms with Gasteiger partial charge in [0.15, 0.2) is 0 Å². The summed E-state index contributed by atoms with van der Waals surface area (Å²) in [7, 11) is 1.47. The summed E-state index contributed by atoms with van der Waals surface area (Å²) in [5.41, 5.74) is 3.84. The van der Waals surface area contributed by atoms with Gasteiger partial charge in [-0.05, 0) is 30.7 Å². The van der Waals surface area contributed by atoms with Gasteiger partial charge in [0.2, 0.25) is 0 Å². The van der Waals surface area contributed by atoms with E-state index in [1.165, 1.54) is 19.4 Å². The average Bonchev–Trinajstić information content (AvgIpc) is 2.54. The molecule has 0 fully saturated rings. The molecule has 118 valence electrons. The van der Waals surface area contributed by atoms with Gasteiger partial charge < -0.3 is 4.74 Å². The highest BCUT2D eigenvalue weighted by molar-refractivity contribution is 5.97. The number of ether oxygens (including phenoxy) is 1. The predicted octanol–water partition coefficient (Wildman–Crippen LogP) is 2.68. The first-order valence-corrected chi connectivity index (χ1v) is 6.74. The summed E-state index contributed by atoms with van der Waals surface area (Å²) >= 11 is 0. The maximum atomic E-state index is 12.1. The monoisotopic (exact) mass is 313 g/mol. The number of nitrogens with one attached hydrogen (secondary N) is 1. The molecule has 2 aromatic rings. The standard InChI is InChI=1S/C16H15N3O4/c1-11-7-8-13(15(9-11)23-2)16(20)18-17-10-12-5-3-4-6-14(12)19(21)22/h3-10H,1-2H3,(H,18,20)/b17-10-. The number of hydrogen-bond donors (Lipinski definition) is 1. The van der Waals surface area contributed by atoms with E-state index in [0.717, 1.165) is 5.56 Å². The molecule has 7 nitrogen and oxygen atoms in total. The Balaban J connectivity index is 2.15. The second-order valence-electron chi connectivity index (χ2n) is 4.72. The van der Waals surface area contributed by atoms with E-state index in [2.05, 4.69) is 10.5 Å². The van der Waals surface area contributed by atoms with E-state index in [9.17, 15) is 14.9 Å². The van der Waals surface area contributed by atoms with Gasteiger partial charge in [-0.1, -0.05) is 18.2 Å². The largest absolute Gasteiger partial charge is 0.496 e. The Kier molecular flexibility index (Phi) is 5.03. The Morgan fingerprint density at radius 1 is 1.30 bits per heavy atom. The molecule has 7 heteroatoms. The fourth-order valence-electron chi connectivity index (χ4n) is 1.97. The molecule has 2 rings (SSSR count). The van der Waals surface area contributed by atoms with Crippen LogP contribution in [0.5, 0.6) is 5.75 Å². The molecule has 0 unspecified atom stereocenters. The van der Waals surface area contributed by atoms with E-state index < -0.39 is 10.8 Å². The van der Waals surface area contributed by atoms with Crippen molar-refractivity contribution in [3.05, 3.63) is 69.3 Å². The van der Waals surface area contributed by atoms with Crippen LogP contribution in [0.15, 0.2) is 47.6 Å². The van der Waals surface area contributed by atoms with Crippen molar-refractivity contribution in [3.63, 3.8) is 0 Å². The fourth-order valence-corrected chi connectivity index (χ4v) is 1.97. The quantitative estimate of drug-likeness (QED) is 0.521. The van der Waals surface area contributed by atoms with Crippen LogP contribution in [0, 0.1) is 17.0 Å². The molecule has 0 spiro atoms. The van der Waals surface area contributed by atoms with Crippen LogP contribution < -0.4 is 10.2 Å². The van der Waals surface area contributed by atoms with Gasteiger partial charge in [0, 0.05) is 6.07 Å². The maximum absolute atomic E-state index is 12.1. The zero-order valence-electron chi connectivity index (χ0n) is 12.6. The van der Waals surface area contributed by atoms with Crippen molar-refractivity contribution < 1.29 is 14.5 Å². The molecule has 0 saturated heterocycles. The third-order valence-electron chi connectivity index (χ3n) is 3.10. The number of nitro benzene ring substituents is 1. The molecule has 0 atom stereocenters. The van der Waals surface area contributed by atoms with Crippen molar-refractivity contribution in [3.8, 4) is 5.75 Å². The smallest absolute Gasteiger partial charge is 0.278 e. The topological polar surface area (TPSA) is 93.8 Å². The van der Waals surface area contributed by atoms with Gasteiger partial charge in [0.25, 0.3) is 11.6 Å². The van der Waals surface area contributed by atoms with E-state index in [-0.39, 0.29) is 5.69 Å². The predicted molar refractivity (Wildman–Crippen MR) is 85.9 cm³/mol. The minimum absolute atomic E-state index is 0.0848. The molecule has 0 aromatic heterocycles. The fraction of sp³-hybridized carbons (Fsp3) is 0.125. The van der Waals surface area contributed by atoms with Crippen molar-refractivity contribution in [1.82, 2.24) is 5.43 Å². The molecular weight excluding hydrogens is 298 g/mol. The number of rotatable bonds is 5. The molecule has 1 N–H and O–H groups in total. The molecule has 1 amide bonds. The maximum Gasteiger partial charge on any atom is 0.278 e. The van der Waals surface area contributed by atoms with E-state index in [0.29, 0.717) is 16.9 Å². The van der Waals surface area contributed by atoms with E-state index in [1.807, 2.05) is 6.92 Å². The number of nitro groups is 1. The Hall–Kier alpha value is -3.22. The highest BCUT2D eigenvalue weighted by Gasteiger charge is 2.12. The van der Waals surface area contributed by atoms with E-state index in [1.54, 1.807) is 36.4 Å². The van der Waals surface area contributed by atoms with Gasteiger partial charge in [0.1, 0.15) is 5.75 Å². The van der Waals surface area contributed by atoms with Gasteiger partial charge in [0.05, 0.1) is 29.4 Å².